The number of nitrogens with zero attached hydrogens (tertiary/aromatic N) is 2. The van der Waals surface area contributed by atoms with Crippen LogP contribution in [-0.2, 0) is 24.4 Å². The number of thiophene rings is 1. The molecule has 0 aromatic carbocycles. The molecule has 0 saturated carbocycles. The summed E-state index contributed by atoms with van der Waals surface area (Å²) < 4.78 is 45.7. The van der Waals surface area contributed by atoms with Crippen molar-refractivity contribution < 1.29 is 22.7 Å². The Labute approximate surface area is 187 Å². The first kappa shape index (κ1) is 25.9. The van der Waals surface area contributed by atoms with Crippen molar-refractivity contribution >= 4 is 27.6 Å². The van der Waals surface area contributed by atoms with Crippen LogP contribution in [0.3, 0.4) is 0 Å². The third-order valence-electron chi connectivity index (χ3n) is 4.52. The van der Waals surface area contributed by atoms with Gasteiger partial charge < -0.3 is 4.74 Å². The van der Waals surface area contributed by atoms with Crippen LogP contribution in [0.5, 0.6) is 0 Å². The third kappa shape index (κ3) is 6.12. The van der Waals surface area contributed by atoms with E-state index < -0.39 is 42.1 Å². The van der Waals surface area contributed by atoms with Crippen molar-refractivity contribution in [1.29, 1.82) is 0 Å². The van der Waals surface area contributed by atoms with Crippen LogP contribution in [0.15, 0.2) is 9.59 Å². The van der Waals surface area contributed by atoms with Gasteiger partial charge in [0.1, 0.15) is 10.4 Å². The van der Waals surface area contributed by atoms with Crippen molar-refractivity contribution in [2.75, 3.05) is 0 Å². The first-order valence-corrected chi connectivity index (χ1v) is 11.1. The molecule has 0 saturated heterocycles. The van der Waals surface area contributed by atoms with Crippen molar-refractivity contribution in [2.45, 2.75) is 85.3 Å². The maximum atomic E-state index is 13.0. The van der Waals surface area contributed by atoms with Crippen LogP contribution in [-0.4, -0.2) is 27.0 Å². The number of carbonyl (C=O) groups excluding carboxylic acids is 1. The molecule has 2 N–H and O–H groups in total. The molecule has 0 radical (unpaired) electrons. The molecule has 2 aromatic heterocycles. The van der Waals surface area contributed by atoms with Gasteiger partial charge in [0, 0.05) is 24.5 Å². The number of hydrogen-bond donors (Lipinski definition) is 2. The Balaban J connectivity index is 2.52. The topological polar surface area (TPSA) is 94.4 Å². The highest BCUT2D eigenvalue weighted by atomic mass is 32.1. The average molecular weight is 479 g/mol. The molecule has 2 rings (SSSR count). The van der Waals surface area contributed by atoms with E-state index in [0.717, 1.165) is 20.5 Å². The lowest BCUT2D eigenvalue weighted by Gasteiger charge is -2.19. The van der Waals surface area contributed by atoms with Crippen molar-refractivity contribution in [3.8, 4) is 0 Å². The van der Waals surface area contributed by atoms with Crippen molar-refractivity contribution in [2.24, 2.45) is 0 Å². The summed E-state index contributed by atoms with van der Waals surface area (Å²) in [5.41, 5.74) is 3.78. The number of hydrogen-bond acceptors (Lipinski definition) is 6. The molecular weight excluding hydrogens is 449 g/mol. The Morgan fingerprint density at radius 1 is 1.16 bits per heavy atom. The summed E-state index contributed by atoms with van der Waals surface area (Å²) >= 11 is 1.07. The van der Waals surface area contributed by atoms with E-state index in [2.05, 4.69) is 10.9 Å². The minimum Gasteiger partial charge on any atom is -0.443 e. The van der Waals surface area contributed by atoms with Gasteiger partial charge in [-0.3, -0.25) is 19.4 Å². The van der Waals surface area contributed by atoms with E-state index in [9.17, 15) is 27.6 Å². The highest BCUT2D eigenvalue weighted by Gasteiger charge is 2.29. The normalized spacial score (nSPS) is 12.6. The van der Waals surface area contributed by atoms with Gasteiger partial charge in [-0.2, -0.15) is 13.2 Å². The molecule has 0 spiro atoms. The molecule has 1 amide bonds. The maximum Gasteiger partial charge on any atom is 0.422 e. The van der Waals surface area contributed by atoms with Crippen molar-refractivity contribution in [1.82, 2.24) is 20.0 Å². The number of alkyl halides is 3. The summed E-state index contributed by atoms with van der Waals surface area (Å²) in [5, 5.41) is 0.239. The minimum atomic E-state index is -4.45. The molecule has 0 atom stereocenters. The molecule has 0 bridgehead atoms. The van der Waals surface area contributed by atoms with E-state index in [4.69, 9.17) is 4.74 Å². The number of amides is 1. The highest BCUT2D eigenvalue weighted by Crippen LogP contribution is 2.34. The average Bonchev–Trinajstić information content (AvgIpc) is 2.99. The van der Waals surface area contributed by atoms with Gasteiger partial charge in [-0.15, -0.1) is 11.3 Å². The van der Waals surface area contributed by atoms with Gasteiger partial charge >= 0.3 is 18.0 Å². The third-order valence-corrected chi connectivity index (χ3v) is 5.75. The van der Waals surface area contributed by atoms with E-state index in [1.165, 1.54) is 0 Å². The maximum absolute atomic E-state index is 13.0. The van der Waals surface area contributed by atoms with Gasteiger partial charge in [-0.05, 0) is 39.2 Å². The molecule has 0 aliphatic carbocycles. The second-order valence-electron chi connectivity index (χ2n) is 8.60. The number of hydrazine groups is 1. The number of fused-ring (bicyclic) bond motifs is 1. The second kappa shape index (κ2) is 9.65. The lowest BCUT2D eigenvalue weighted by Crippen LogP contribution is -2.40. The quantitative estimate of drug-likeness (QED) is 0.590. The van der Waals surface area contributed by atoms with E-state index in [1.807, 2.05) is 13.8 Å². The van der Waals surface area contributed by atoms with E-state index in [-0.39, 0.29) is 29.2 Å². The van der Waals surface area contributed by atoms with Crippen molar-refractivity contribution in [3.63, 3.8) is 0 Å². The number of carbonyl (C=O) groups is 1. The summed E-state index contributed by atoms with van der Waals surface area (Å²) in [5.74, 6) is -0.145. The van der Waals surface area contributed by atoms with Gasteiger partial charge in [0.15, 0.2) is 0 Å². The Hall–Kier alpha value is -2.34. The van der Waals surface area contributed by atoms with E-state index in [0.29, 0.717) is 10.4 Å². The highest BCUT2D eigenvalue weighted by molar-refractivity contribution is 7.18. The lowest BCUT2D eigenvalue weighted by atomic mass is 10.0. The molecule has 0 aliphatic rings. The fourth-order valence-electron chi connectivity index (χ4n) is 3.29. The fourth-order valence-corrected chi connectivity index (χ4v) is 4.69. The smallest absolute Gasteiger partial charge is 0.422 e. The van der Waals surface area contributed by atoms with Crippen LogP contribution >= 0.6 is 11.3 Å². The Bertz CT molecular complexity index is 1090. The SMILES string of the molecule is CCn1c(=O)c2c(C(C)C)c(CNNC(=O)OC(C)(C)C)sc2n(CCC(F)(F)F)c1=O. The van der Waals surface area contributed by atoms with E-state index >= 15 is 0 Å². The molecule has 12 heteroatoms. The second-order valence-corrected chi connectivity index (χ2v) is 9.69. The summed E-state index contributed by atoms with van der Waals surface area (Å²) in [7, 11) is 0. The molecule has 32 heavy (non-hydrogen) atoms. The minimum absolute atomic E-state index is 0.0424. The fraction of sp³-hybridized carbons (Fsp3) is 0.650. The standard InChI is InChI=1S/C20H29F3N4O4S/c1-7-26-15(28)14-13(11(2)3)12(10-24-25-17(29)31-19(4,5)6)32-16(14)27(18(26)30)9-8-20(21,22)23/h11,24H,7-10H2,1-6H3,(H,25,29). The molecule has 2 aromatic rings. The predicted molar refractivity (Wildman–Crippen MR) is 117 cm³/mol. The van der Waals surface area contributed by atoms with Gasteiger partial charge in [0.05, 0.1) is 11.8 Å². The van der Waals surface area contributed by atoms with E-state index in [1.54, 1.807) is 27.7 Å². The van der Waals surface area contributed by atoms with Crippen molar-refractivity contribution in [3.05, 3.63) is 31.3 Å². The zero-order chi connectivity index (χ0) is 24.4. The van der Waals surface area contributed by atoms with Crippen LogP contribution in [0.25, 0.3) is 10.2 Å². The van der Waals surface area contributed by atoms with Gasteiger partial charge in [-0.25, -0.2) is 15.0 Å². The number of nitrogens with one attached hydrogen (secondary N) is 2. The first-order valence-electron chi connectivity index (χ1n) is 10.2. The molecule has 0 unspecified atom stereocenters. The molecule has 180 valence electrons. The first-order chi connectivity index (χ1) is 14.7. The van der Waals surface area contributed by atoms with Crippen LogP contribution < -0.4 is 22.1 Å². The van der Waals surface area contributed by atoms with Crippen LogP contribution in [0.1, 0.15) is 64.3 Å². The molecule has 8 nitrogen and oxygen atoms in total. The zero-order valence-corrected chi connectivity index (χ0v) is 19.8. The molecule has 0 fully saturated rings. The lowest BCUT2D eigenvalue weighted by molar-refractivity contribution is -0.136. The van der Waals surface area contributed by atoms with Gasteiger partial charge in [0.25, 0.3) is 5.56 Å². The number of rotatable bonds is 7. The zero-order valence-electron chi connectivity index (χ0n) is 19.0. The number of aromatic nitrogens is 2. The monoisotopic (exact) mass is 478 g/mol. The van der Waals surface area contributed by atoms with Crippen LogP contribution in [0, 0.1) is 0 Å². The summed E-state index contributed by atoms with van der Waals surface area (Å²) in [6.45, 7) is 10.0. The summed E-state index contributed by atoms with van der Waals surface area (Å²) in [6.07, 6.45) is -6.33. The Morgan fingerprint density at radius 3 is 2.28 bits per heavy atom. The predicted octanol–water partition coefficient (Wildman–Crippen LogP) is 3.85. The summed E-state index contributed by atoms with van der Waals surface area (Å²) in [6, 6.07) is 0. The van der Waals surface area contributed by atoms with Gasteiger partial charge in [-0.1, -0.05) is 13.8 Å². The summed E-state index contributed by atoms with van der Waals surface area (Å²) in [4.78, 5) is 38.5. The van der Waals surface area contributed by atoms with Crippen LogP contribution in [0.2, 0.25) is 0 Å². The number of aryl methyl sites for hydroxylation is 1. The largest absolute Gasteiger partial charge is 0.443 e. The Kier molecular flexibility index (Phi) is 7.82. The molecule has 2 heterocycles. The van der Waals surface area contributed by atoms with Crippen LogP contribution in [0.4, 0.5) is 18.0 Å². The number of halogens is 3. The molecule has 0 aliphatic heterocycles. The van der Waals surface area contributed by atoms with Gasteiger partial charge in [0.2, 0.25) is 0 Å². The molecular formula is C20H29F3N4O4S. The Morgan fingerprint density at radius 2 is 1.78 bits per heavy atom. The number of ether oxygens (including phenoxy) is 1.